The number of hydrogen-bond donors (Lipinski definition) is 1. The topological polar surface area (TPSA) is 78.6 Å². The Labute approximate surface area is 164 Å². The lowest BCUT2D eigenvalue weighted by molar-refractivity contribution is 0.241. The van der Waals surface area contributed by atoms with Crippen LogP contribution < -0.4 is 14.6 Å². The molecule has 3 aromatic carbocycles. The molecule has 6 heteroatoms. The lowest BCUT2D eigenvalue weighted by Gasteiger charge is -2.32. The first-order valence-corrected chi connectivity index (χ1v) is 10.6. The smallest absolute Gasteiger partial charge is 0.213 e. The molecular weight excluding hydrogens is 374 g/mol. The molecule has 3 aromatic rings. The van der Waals surface area contributed by atoms with Gasteiger partial charge in [0.05, 0.1) is 18.4 Å². The van der Waals surface area contributed by atoms with Gasteiger partial charge in [0.2, 0.25) is 10.0 Å². The summed E-state index contributed by atoms with van der Waals surface area (Å²) in [7, 11) is -2.02. The van der Waals surface area contributed by atoms with Crippen molar-refractivity contribution >= 4 is 10.0 Å². The number of primary sulfonamides is 1. The Morgan fingerprint density at radius 1 is 1.04 bits per heavy atom. The van der Waals surface area contributed by atoms with E-state index in [0.29, 0.717) is 11.3 Å². The molecule has 0 spiro atoms. The molecule has 0 saturated heterocycles. The van der Waals surface area contributed by atoms with E-state index in [-0.39, 0.29) is 11.9 Å². The van der Waals surface area contributed by atoms with Gasteiger partial charge in [-0.2, -0.15) is 0 Å². The Kier molecular flexibility index (Phi) is 4.61. The van der Waals surface area contributed by atoms with Gasteiger partial charge >= 0.3 is 0 Å². The highest BCUT2D eigenvalue weighted by molar-refractivity contribution is 7.88. The van der Waals surface area contributed by atoms with Gasteiger partial charge in [0.1, 0.15) is 17.6 Å². The Morgan fingerprint density at radius 3 is 2.46 bits per heavy atom. The summed E-state index contributed by atoms with van der Waals surface area (Å²) < 4.78 is 35.4. The van der Waals surface area contributed by atoms with Crippen molar-refractivity contribution in [3.05, 3.63) is 82.9 Å². The van der Waals surface area contributed by atoms with Crippen molar-refractivity contribution in [1.82, 2.24) is 0 Å². The minimum Gasteiger partial charge on any atom is -0.496 e. The third kappa shape index (κ3) is 3.25. The quantitative estimate of drug-likeness (QED) is 0.726. The molecule has 2 N–H and O–H groups in total. The number of methoxy groups -OCH3 is 1. The Balaban J connectivity index is 1.99. The fourth-order valence-electron chi connectivity index (χ4n) is 3.80. The molecular formula is C22H21NO4S. The van der Waals surface area contributed by atoms with Crippen LogP contribution >= 0.6 is 0 Å². The summed E-state index contributed by atoms with van der Waals surface area (Å²) in [5.74, 6) is 1.23. The predicted octanol–water partition coefficient (Wildman–Crippen LogP) is 3.94. The first-order valence-electron chi connectivity index (χ1n) is 8.91. The number of nitrogens with two attached hydrogens (primary N) is 1. The van der Waals surface area contributed by atoms with Crippen molar-refractivity contribution in [2.75, 3.05) is 7.11 Å². The normalized spacial score (nSPS) is 15.3. The fourth-order valence-corrected chi connectivity index (χ4v) is 4.54. The van der Waals surface area contributed by atoms with E-state index in [0.717, 1.165) is 33.6 Å². The molecule has 144 valence electrons. The molecule has 0 saturated carbocycles. The standard InChI is InChI=1S/C22H21NO4S/c1-14-16(13-28(23,24)25)11-12-17-20(14)22(15-7-4-3-5-8-15)27-19-10-6-9-18(26-2)21(17)19/h3-12,22H,13H2,1-2H3,(H2,23,24,25). The van der Waals surface area contributed by atoms with Gasteiger partial charge in [-0.1, -0.05) is 48.5 Å². The molecule has 0 amide bonds. The minimum absolute atomic E-state index is 0.216. The third-order valence-corrected chi connectivity index (χ3v) is 5.78. The van der Waals surface area contributed by atoms with Gasteiger partial charge in [-0.05, 0) is 41.3 Å². The maximum atomic E-state index is 11.7. The summed E-state index contributed by atoms with van der Waals surface area (Å²) >= 11 is 0. The van der Waals surface area contributed by atoms with Crippen LogP contribution in [-0.2, 0) is 15.8 Å². The van der Waals surface area contributed by atoms with E-state index in [1.54, 1.807) is 7.11 Å². The van der Waals surface area contributed by atoms with Crippen molar-refractivity contribution in [2.24, 2.45) is 5.14 Å². The number of rotatable bonds is 4. The molecule has 4 rings (SSSR count). The first kappa shape index (κ1) is 18.5. The monoisotopic (exact) mass is 395 g/mol. The summed E-state index contributed by atoms with van der Waals surface area (Å²) in [6.07, 6.45) is -0.351. The van der Waals surface area contributed by atoms with E-state index >= 15 is 0 Å². The zero-order chi connectivity index (χ0) is 19.9. The lowest BCUT2D eigenvalue weighted by Crippen LogP contribution is -2.20. The second kappa shape index (κ2) is 6.96. The van der Waals surface area contributed by atoms with E-state index in [9.17, 15) is 8.42 Å². The van der Waals surface area contributed by atoms with Crippen LogP contribution in [0.2, 0.25) is 0 Å². The average Bonchev–Trinajstić information content (AvgIpc) is 2.68. The van der Waals surface area contributed by atoms with Crippen molar-refractivity contribution in [1.29, 1.82) is 0 Å². The molecule has 0 aliphatic carbocycles. The summed E-state index contributed by atoms with van der Waals surface area (Å²) in [5, 5.41) is 5.30. The van der Waals surface area contributed by atoms with Crippen LogP contribution in [0.1, 0.15) is 28.4 Å². The number of hydrogen-bond acceptors (Lipinski definition) is 4. The third-order valence-electron chi connectivity index (χ3n) is 5.07. The lowest BCUT2D eigenvalue weighted by atomic mass is 9.84. The van der Waals surface area contributed by atoms with Crippen LogP contribution in [0.15, 0.2) is 60.7 Å². The molecule has 5 nitrogen and oxygen atoms in total. The van der Waals surface area contributed by atoms with Gasteiger partial charge in [-0.3, -0.25) is 0 Å². The second-order valence-corrected chi connectivity index (χ2v) is 8.47. The number of ether oxygens (including phenoxy) is 2. The van der Waals surface area contributed by atoms with E-state index in [4.69, 9.17) is 14.6 Å². The van der Waals surface area contributed by atoms with Crippen LogP contribution in [0.4, 0.5) is 0 Å². The van der Waals surface area contributed by atoms with Gasteiger partial charge < -0.3 is 9.47 Å². The highest BCUT2D eigenvalue weighted by atomic mass is 32.2. The molecule has 0 aromatic heterocycles. The van der Waals surface area contributed by atoms with Crippen molar-refractivity contribution < 1.29 is 17.9 Å². The van der Waals surface area contributed by atoms with E-state index in [1.807, 2.05) is 67.6 Å². The first-order chi connectivity index (χ1) is 13.4. The van der Waals surface area contributed by atoms with Gasteiger partial charge in [-0.25, -0.2) is 13.6 Å². The molecule has 28 heavy (non-hydrogen) atoms. The van der Waals surface area contributed by atoms with Crippen LogP contribution in [-0.4, -0.2) is 15.5 Å². The Hall–Kier alpha value is -2.83. The highest BCUT2D eigenvalue weighted by Gasteiger charge is 2.32. The largest absolute Gasteiger partial charge is 0.496 e. The van der Waals surface area contributed by atoms with E-state index < -0.39 is 10.0 Å². The average molecular weight is 395 g/mol. The Bertz CT molecular complexity index is 1140. The molecule has 1 unspecified atom stereocenters. The zero-order valence-electron chi connectivity index (χ0n) is 15.7. The zero-order valence-corrected chi connectivity index (χ0v) is 16.5. The van der Waals surface area contributed by atoms with E-state index in [2.05, 4.69) is 0 Å². The van der Waals surface area contributed by atoms with Gasteiger partial charge in [0.15, 0.2) is 0 Å². The summed E-state index contributed by atoms with van der Waals surface area (Å²) in [6.45, 7) is 1.92. The van der Waals surface area contributed by atoms with Gasteiger partial charge in [-0.15, -0.1) is 0 Å². The van der Waals surface area contributed by atoms with Gasteiger partial charge in [0.25, 0.3) is 0 Å². The number of benzene rings is 3. The van der Waals surface area contributed by atoms with E-state index in [1.165, 1.54) is 0 Å². The fraction of sp³-hybridized carbons (Fsp3) is 0.182. The number of fused-ring (bicyclic) bond motifs is 3. The van der Waals surface area contributed by atoms with Gasteiger partial charge in [0, 0.05) is 5.56 Å². The molecule has 1 heterocycles. The maximum Gasteiger partial charge on any atom is 0.213 e. The van der Waals surface area contributed by atoms with Crippen molar-refractivity contribution in [2.45, 2.75) is 18.8 Å². The van der Waals surface area contributed by atoms with Crippen molar-refractivity contribution in [3.8, 4) is 22.6 Å². The highest BCUT2D eigenvalue weighted by Crippen LogP contribution is 2.50. The summed E-state index contributed by atoms with van der Waals surface area (Å²) in [6, 6.07) is 19.3. The molecule has 1 aliphatic rings. The van der Waals surface area contributed by atoms with Crippen LogP contribution in [0, 0.1) is 6.92 Å². The van der Waals surface area contributed by atoms with Crippen LogP contribution in [0.3, 0.4) is 0 Å². The molecule has 1 atom stereocenters. The summed E-state index contributed by atoms with van der Waals surface area (Å²) in [5.41, 5.74) is 5.30. The summed E-state index contributed by atoms with van der Waals surface area (Å²) in [4.78, 5) is 0. The molecule has 1 aliphatic heterocycles. The molecule has 0 bridgehead atoms. The van der Waals surface area contributed by atoms with Crippen LogP contribution in [0.5, 0.6) is 11.5 Å². The van der Waals surface area contributed by atoms with Crippen LogP contribution in [0.25, 0.3) is 11.1 Å². The Morgan fingerprint density at radius 2 is 1.79 bits per heavy atom. The second-order valence-electron chi connectivity index (χ2n) is 6.86. The number of sulfonamides is 1. The minimum atomic E-state index is -3.65. The molecule has 0 radical (unpaired) electrons. The maximum absolute atomic E-state index is 11.7. The predicted molar refractivity (Wildman–Crippen MR) is 109 cm³/mol. The SMILES string of the molecule is COc1cccc2c1-c1ccc(CS(N)(=O)=O)c(C)c1C(c1ccccc1)O2. The van der Waals surface area contributed by atoms with Crippen molar-refractivity contribution in [3.63, 3.8) is 0 Å². The molecule has 0 fully saturated rings.